The average molecular weight is 401 g/mol. The van der Waals surface area contributed by atoms with Crippen molar-refractivity contribution in [2.75, 3.05) is 57.4 Å². The fraction of sp³-hybridized carbons (Fsp3) is 0.524. The number of anilines is 1. The van der Waals surface area contributed by atoms with Crippen LogP contribution in [-0.2, 0) is 17.7 Å². The molecule has 0 saturated carbocycles. The Kier molecular flexibility index (Phi) is 6.24. The molecule has 0 bridgehead atoms. The Morgan fingerprint density at radius 1 is 1.07 bits per heavy atom. The van der Waals surface area contributed by atoms with E-state index >= 15 is 0 Å². The van der Waals surface area contributed by atoms with Crippen LogP contribution in [-0.4, -0.2) is 73.2 Å². The maximum absolute atomic E-state index is 12.7. The van der Waals surface area contributed by atoms with Gasteiger partial charge in [-0.2, -0.15) is 0 Å². The van der Waals surface area contributed by atoms with Gasteiger partial charge in [0.15, 0.2) is 5.13 Å². The number of thiazole rings is 1. The van der Waals surface area contributed by atoms with E-state index in [2.05, 4.69) is 34.2 Å². The molecule has 0 spiro atoms. The molecule has 0 atom stereocenters. The lowest BCUT2D eigenvalue weighted by molar-refractivity contribution is 0.0337. The Labute approximate surface area is 170 Å². The second kappa shape index (κ2) is 9.03. The number of aromatic nitrogens is 1. The number of hydrogen-bond donors (Lipinski definition) is 0. The molecule has 2 aliphatic heterocycles. The number of morpholine rings is 1. The third-order valence-corrected chi connectivity index (χ3v) is 6.43. The number of aryl methyl sites for hydroxylation is 1. The third kappa shape index (κ3) is 4.54. The van der Waals surface area contributed by atoms with Crippen LogP contribution >= 0.6 is 11.3 Å². The first-order chi connectivity index (χ1) is 13.7. The number of hydrogen-bond acceptors (Lipinski definition) is 6. The van der Waals surface area contributed by atoms with E-state index < -0.39 is 0 Å². The predicted molar refractivity (Wildman–Crippen MR) is 112 cm³/mol. The van der Waals surface area contributed by atoms with Crippen molar-refractivity contribution in [2.24, 2.45) is 0 Å². The zero-order valence-electron chi connectivity index (χ0n) is 16.5. The van der Waals surface area contributed by atoms with Crippen molar-refractivity contribution in [3.63, 3.8) is 0 Å². The lowest BCUT2D eigenvalue weighted by Gasteiger charge is -2.34. The predicted octanol–water partition coefficient (Wildman–Crippen LogP) is 2.50. The van der Waals surface area contributed by atoms with Gasteiger partial charge in [-0.3, -0.25) is 9.69 Å². The van der Waals surface area contributed by atoms with Crippen LogP contribution < -0.4 is 4.90 Å². The molecule has 1 aromatic carbocycles. The molecule has 1 amide bonds. The molecule has 2 saturated heterocycles. The monoisotopic (exact) mass is 400 g/mol. The highest BCUT2D eigenvalue weighted by Crippen LogP contribution is 2.23. The summed E-state index contributed by atoms with van der Waals surface area (Å²) in [5.41, 5.74) is 3.18. The largest absolute Gasteiger partial charge is 0.379 e. The Hall–Kier alpha value is -1.96. The van der Waals surface area contributed by atoms with Crippen molar-refractivity contribution in [2.45, 2.75) is 19.9 Å². The fourth-order valence-corrected chi connectivity index (χ4v) is 4.54. The molecule has 2 aromatic rings. The molecule has 0 aliphatic carbocycles. The zero-order chi connectivity index (χ0) is 19.3. The van der Waals surface area contributed by atoms with E-state index in [0.29, 0.717) is 0 Å². The van der Waals surface area contributed by atoms with E-state index in [0.717, 1.165) is 81.8 Å². The molecule has 3 heterocycles. The summed E-state index contributed by atoms with van der Waals surface area (Å²) in [5, 5.41) is 3.24. The molecule has 1 aromatic heterocycles. The first kappa shape index (κ1) is 19.4. The fourth-order valence-electron chi connectivity index (χ4n) is 3.67. The topological polar surface area (TPSA) is 48.9 Å². The number of nitrogens with zero attached hydrogens (tertiary/aromatic N) is 4. The van der Waals surface area contributed by atoms with E-state index in [1.54, 1.807) is 11.3 Å². The Morgan fingerprint density at radius 2 is 1.79 bits per heavy atom. The Bertz CT molecular complexity index is 778. The molecule has 0 radical (unpaired) electrons. The number of benzene rings is 1. The van der Waals surface area contributed by atoms with Crippen LogP contribution in [0.4, 0.5) is 5.13 Å². The Balaban J connectivity index is 1.30. The van der Waals surface area contributed by atoms with Crippen LogP contribution in [0.25, 0.3) is 0 Å². The number of amides is 1. The molecule has 0 N–H and O–H groups in total. The van der Waals surface area contributed by atoms with Gasteiger partial charge in [0.2, 0.25) is 0 Å². The average Bonchev–Trinajstić information content (AvgIpc) is 3.22. The molecule has 4 rings (SSSR count). The number of carbonyl (C=O) groups is 1. The molecule has 28 heavy (non-hydrogen) atoms. The smallest absolute Gasteiger partial charge is 0.253 e. The van der Waals surface area contributed by atoms with Gasteiger partial charge in [0.1, 0.15) is 0 Å². The highest BCUT2D eigenvalue weighted by molar-refractivity contribution is 7.13. The van der Waals surface area contributed by atoms with E-state index in [4.69, 9.17) is 9.72 Å². The van der Waals surface area contributed by atoms with E-state index in [1.165, 1.54) is 5.56 Å². The molecular formula is C21H28N4O2S. The van der Waals surface area contributed by atoms with Crippen molar-refractivity contribution in [3.05, 3.63) is 46.5 Å². The minimum absolute atomic E-state index is 0.134. The van der Waals surface area contributed by atoms with Gasteiger partial charge in [-0.25, -0.2) is 4.98 Å². The molecule has 0 unspecified atom stereocenters. The number of piperazine rings is 1. The summed E-state index contributed by atoms with van der Waals surface area (Å²) in [5.74, 6) is 0.134. The van der Waals surface area contributed by atoms with Gasteiger partial charge in [0.25, 0.3) is 5.91 Å². The SMILES string of the molecule is CCc1ccc(C(=O)N2CCN(c3nc(CN4CCOCC4)cs3)CC2)cc1. The maximum atomic E-state index is 12.7. The standard InChI is InChI=1S/C21H28N4O2S/c1-2-17-3-5-18(6-4-17)20(26)24-7-9-25(10-8-24)21-22-19(16-28-21)15-23-11-13-27-14-12-23/h3-6,16H,2,7-15H2,1H3. The summed E-state index contributed by atoms with van der Waals surface area (Å²) in [6.07, 6.45) is 0.995. The summed E-state index contributed by atoms with van der Waals surface area (Å²) in [7, 11) is 0. The second-order valence-corrected chi connectivity index (χ2v) is 8.18. The van der Waals surface area contributed by atoms with Crippen LogP contribution in [0, 0.1) is 0 Å². The number of carbonyl (C=O) groups excluding carboxylic acids is 1. The van der Waals surface area contributed by atoms with Crippen molar-refractivity contribution in [1.82, 2.24) is 14.8 Å². The summed E-state index contributed by atoms with van der Waals surface area (Å²) >= 11 is 1.71. The third-order valence-electron chi connectivity index (χ3n) is 5.48. The quantitative estimate of drug-likeness (QED) is 0.772. The van der Waals surface area contributed by atoms with Crippen molar-refractivity contribution < 1.29 is 9.53 Å². The minimum Gasteiger partial charge on any atom is -0.379 e. The lowest BCUT2D eigenvalue weighted by atomic mass is 10.1. The first-order valence-electron chi connectivity index (χ1n) is 10.1. The molecular weight excluding hydrogens is 372 g/mol. The van der Waals surface area contributed by atoms with E-state index in [-0.39, 0.29) is 5.91 Å². The van der Waals surface area contributed by atoms with Crippen LogP contribution in [0.2, 0.25) is 0 Å². The maximum Gasteiger partial charge on any atom is 0.253 e. The highest BCUT2D eigenvalue weighted by atomic mass is 32.1. The molecule has 2 fully saturated rings. The normalized spacial score (nSPS) is 18.5. The Morgan fingerprint density at radius 3 is 2.46 bits per heavy atom. The molecule has 2 aliphatic rings. The van der Waals surface area contributed by atoms with E-state index in [1.807, 2.05) is 17.0 Å². The molecule has 7 heteroatoms. The van der Waals surface area contributed by atoms with Gasteiger partial charge in [-0.1, -0.05) is 19.1 Å². The summed E-state index contributed by atoms with van der Waals surface area (Å²) in [6, 6.07) is 8.00. The van der Waals surface area contributed by atoms with Crippen molar-refractivity contribution >= 4 is 22.4 Å². The van der Waals surface area contributed by atoms with Crippen molar-refractivity contribution in [1.29, 1.82) is 0 Å². The van der Waals surface area contributed by atoms with Gasteiger partial charge in [0.05, 0.1) is 18.9 Å². The first-order valence-corrected chi connectivity index (χ1v) is 11.0. The summed E-state index contributed by atoms with van der Waals surface area (Å²) < 4.78 is 5.41. The van der Waals surface area contributed by atoms with Crippen LogP contribution in [0.1, 0.15) is 28.5 Å². The second-order valence-electron chi connectivity index (χ2n) is 7.34. The van der Waals surface area contributed by atoms with Gasteiger partial charge < -0.3 is 14.5 Å². The van der Waals surface area contributed by atoms with Gasteiger partial charge in [0, 0.05) is 56.8 Å². The minimum atomic E-state index is 0.134. The van der Waals surface area contributed by atoms with Gasteiger partial charge >= 0.3 is 0 Å². The number of ether oxygens (including phenoxy) is 1. The summed E-state index contributed by atoms with van der Waals surface area (Å²) in [4.78, 5) is 24.2. The highest BCUT2D eigenvalue weighted by Gasteiger charge is 2.24. The van der Waals surface area contributed by atoms with Crippen LogP contribution in [0.15, 0.2) is 29.6 Å². The van der Waals surface area contributed by atoms with Crippen LogP contribution in [0.5, 0.6) is 0 Å². The van der Waals surface area contributed by atoms with Gasteiger partial charge in [-0.15, -0.1) is 11.3 Å². The molecule has 6 nitrogen and oxygen atoms in total. The molecule has 150 valence electrons. The van der Waals surface area contributed by atoms with E-state index in [9.17, 15) is 4.79 Å². The van der Waals surface area contributed by atoms with Gasteiger partial charge in [-0.05, 0) is 24.1 Å². The van der Waals surface area contributed by atoms with Crippen molar-refractivity contribution in [3.8, 4) is 0 Å². The summed E-state index contributed by atoms with van der Waals surface area (Å²) in [6.45, 7) is 9.77. The lowest BCUT2D eigenvalue weighted by Crippen LogP contribution is -2.48. The zero-order valence-corrected chi connectivity index (χ0v) is 17.3. The van der Waals surface area contributed by atoms with Crippen LogP contribution in [0.3, 0.4) is 0 Å². The number of rotatable bonds is 5.